The van der Waals surface area contributed by atoms with Crippen molar-refractivity contribution in [3.8, 4) is 0 Å². The van der Waals surface area contributed by atoms with E-state index in [0.717, 1.165) is 28.3 Å². The van der Waals surface area contributed by atoms with Crippen molar-refractivity contribution >= 4 is 51.5 Å². The molecular weight excluding hydrogens is 301 g/mol. The zero-order valence-corrected chi connectivity index (χ0v) is 12.3. The average molecular weight is 312 g/mol. The first-order valence-electron chi connectivity index (χ1n) is 5.79. The number of benzene rings is 1. The summed E-state index contributed by atoms with van der Waals surface area (Å²) in [7, 11) is 0. The molecule has 0 radical (unpaired) electrons. The maximum Gasteiger partial charge on any atom is 0.201 e. The van der Waals surface area contributed by atoms with Gasteiger partial charge in [-0.2, -0.15) is 0 Å². The molecule has 0 bridgehead atoms. The molecule has 0 fully saturated rings. The van der Waals surface area contributed by atoms with Gasteiger partial charge in [-0.15, -0.1) is 11.3 Å². The Morgan fingerprint density at radius 3 is 2.79 bits per heavy atom. The van der Waals surface area contributed by atoms with Gasteiger partial charge in [0, 0.05) is 11.4 Å². The van der Waals surface area contributed by atoms with E-state index >= 15 is 0 Å². The number of fused-ring (bicyclic) bond motifs is 1. The lowest BCUT2D eigenvalue weighted by molar-refractivity contribution is 0.733. The molecule has 2 aromatic heterocycles. The number of imidazole rings is 1. The molecule has 1 aromatic carbocycles. The second-order valence-electron chi connectivity index (χ2n) is 4.19. The number of nitrogens with zero attached hydrogens (tertiary/aromatic N) is 2. The van der Waals surface area contributed by atoms with Crippen molar-refractivity contribution in [3.63, 3.8) is 0 Å². The highest BCUT2D eigenvalue weighted by Gasteiger charge is 2.10. The van der Waals surface area contributed by atoms with Crippen LogP contribution in [0.25, 0.3) is 11.0 Å². The zero-order chi connectivity index (χ0) is 13.4. The van der Waals surface area contributed by atoms with Crippen molar-refractivity contribution in [1.82, 2.24) is 9.55 Å². The van der Waals surface area contributed by atoms with Crippen LogP contribution in [0.1, 0.15) is 4.88 Å². The number of aromatic nitrogens is 2. The molecule has 3 aromatic rings. The smallest absolute Gasteiger partial charge is 0.201 e. The topological polar surface area (TPSA) is 43.8 Å². The summed E-state index contributed by atoms with van der Waals surface area (Å²) in [6.07, 6.45) is 0.875. The van der Waals surface area contributed by atoms with Crippen molar-refractivity contribution in [2.45, 2.75) is 13.0 Å². The number of halogens is 2. The summed E-state index contributed by atoms with van der Waals surface area (Å²) in [5.74, 6) is 0.491. The van der Waals surface area contributed by atoms with Gasteiger partial charge in [-0.25, -0.2) is 4.98 Å². The second-order valence-corrected chi connectivity index (χ2v) is 6.39. The molecular formula is C13H11Cl2N3S. The van der Waals surface area contributed by atoms with Crippen LogP contribution in [0.5, 0.6) is 0 Å². The molecule has 0 aliphatic carbocycles. The lowest BCUT2D eigenvalue weighted by Crippen LogP contribution is -2.04. The van der Waals surface area contributed by atoms with Crippen molar-refractivity contribution in [3.05, 3.63) is 44.6 Å². The van der Waals surface area contributed by atoms with E-state index in [-0.39, 0.29) is 0 Å². The predicted octanol–water partition coefficient (Wildman–Crippen LogP) is 4.23. The number of anilines is 1. The molecule has 0 saturated carbocycles. The minimum Gasteiger partial charge on any atom is -0.369 e. The van der Waals surface area contributed by atoms with E-state index < -0.39 is 0 Å². The lowest BCUT2D eigenvalue weighted by Gasteiger charge is -2.05. The van der Waals surface area contributed by atoms with Gasteiger partial charge in [-0.1, -0.05) is 29.3 Å². The summed E-state index contributed by atoms with van der Waals surface area (Å²) in [5.41, 5.74) is 7.68. The van der Waals surface area contributed by atoms with Gasteiger partial charge in [0.05, 0.1) is 14.9 Å². The number of rotatable bonds is 3. The molecule has 19 heavy (non-hydrogen) atoms. The molecule has 0 spiro atoms. The van der Waals surface area contributed by atoms with Gasteiger partial charge in [0.25, 0.3) is 0 Å². The van der Waals surface area contributed by atoms with Gasteiger partial charge in [-0.05, 0) is 30.7 Å². The number of aryl methyl sites for hydroxylation is 2. The van der Waals surface area contributed by atoms with Crippen molar-refractivity contribution in [1.29, 1.82) is 0 Å². The minimum atomic E-state index is 0.491. The third kappa shape index (κ3) is 2.43. The first-order chi connectivity index (χ1) is 9.15. The fourth-order valence-electron chi connectivity index (χ4n) is 2.07. The molecule has 0 unspecified atom stereocenters. The first-order valence-corrected chi connectivity index (χ1v) is 7.37. The Hall–Kier alpha value is -1.23. The van der Waals surface area contributed by atoms with E-state index in [4.69, 9.17) is 28.9 Å². The maximum absolute atomic E-state index is 6.12. The van der Waals surface area contributed by atoms with Gasteiger partial charge in [0.15, 0.2) is 0 Å². The van der Waals surface area contributed by atoms with Gasteiger partial charge in [0.1, 0.15) is 5.52 Å². The molecule has 6 heteroatoms. The number of hydrogen-bond acceptors (Lipinski definition) is 3. The summed E-state index contributed by atoms with van der Waals surface area (Å²) in [6.45, 7) is 0.763. The normalized spacial score (nSPS) is 11.3. The Morgan fingerprint density at radius 1 is 1.21 bits per heavy atom. The van der Waals surface area contributed by atoms with Crippen molar-refractivity contribution in [2.24, 2.45) is 0 Å². The zero-order valence-electron chi connectivity index (χ0n) is 9.94. The summed E-state index contributed by atoms with van der Waals surface area (Å²) < 4.78 is 2.79. The van der Waals surface area contributed by atoms with Crippen LogP contribution in [0.3, 0.4) is 0 Å². The van der Waals surface area contributed by atoms with Crippen LogP contribution in [-0.4, -0.2) is 9.55 Å². The van der Waals surface area contributed by atoms with Gasteiger partial charge < -0.3 is 10.3 Å². The van der Waals surface area contributed by atoms with Gasteiger partial charge >= 0.3 is 0 Å². The third-order valence-electron chi connectivity index (χ3n) is 2.97. The predicted molar refractivity (Wildman–Crippen MR) is 82.2 cm³/mol. The molecule has 0 atom stereocenters. The number of thiophene rings is 1. The Bertz CT molecular complexity index is 733. The molecule has 0 saturated heterocycles. The van der Waals surface area contributed by atoms with Crippen LogP contribution < -0.4 is 5.73 Å². The van der Waals surface area contributed by atoms with Gasteiger partial charge in [0.2, 0.25) is 5.95 Å². The van der Waals surface area contributed by atoms with Gasteiger partial charge in [-0.3, -0.25) is 0 Å². The average Bonchev–Trinajstić information content (AvgIpc) is 2.92. The van der Waals surface area contributed by atoms with Crippen LogP contribution in [0.4, 0.5) is 5.95 Å². The highest BCUT2D eigenvalue weighted by molar-refractivity contribution is 7.16. The van der Waals surface area contributed by atoms with Crippen LogP contribution in [-0.2, 0) is 13.0 Å². The molecule has 3 rings (SSSR count). The highest BCUT2D eigenvalue weighted by Crippen LogP contribution is 2.26. The Balaban J connectivity index is 1.92. The molecule has 0 amide bonds. The molecule has 0 aliphatic heterocycles. The van der Waals surface area contributed by atoms with E-state index in [2.05, 4.69) is 4.98 Å². The van der Waals surface area contributed by atoms with Crippen LogP contribution in [0.15, 0.2) is 30.3 Å². The third-order valence-corrected chi connectivity index (χ3v) is 4.57. The monoisotopic (exact) mass is 311 g/mol. The number of para-hydroxylation sites is 1. The molecule has 0 aliphatic rings. The summed E-state index contributed by atoms with van der Waals surface area (Å²) >= 11 is 13.6. The first kappa shape index (κ1) is 12.8. The van der Waals surface area contributed by atoms with Crippen molar-refractivity contribution in [2.75, 3.05) is 5.73 Å². The van der Waals surface area contributed by atoms with E-state index in [1.54, 1.807) is 11.3 Å². The quantitative estimate of drug-likeness (QED) is 0.786. The Labute approximate surface area is 124 Å². The molecule has 98 valence electrons. The fourth-order valence-corrected chi connectivity index (χ4v) is 3.36. The largest absolute Gasteiger partial charge is 0.369 e. The fraction of sp³-hybridized carbons (Fsp3) is 0.154. The van der Waals surface area contributed by atoms with E-state index in [9.17, 15) is 0 Å². The van der Waals surface area contributed by atoms with E-state index in [1.165, 1.54) is 4.88 Å². The summed E-state index contributed by atoms with van der Waals surface area (Å²) in [4.78, 5) is 5.55. The number of nitrogens with two attached hydrogens (primary N) is 1. The van der Waals surface area contributed by atoms with Crippen molar-refractivity contribution < 1.29 is 0 Å². The number of hydrogen-bond donors (Lipinski definition) is 1. The van der Waals surface area contributed by atoms with Crippen LogP contribution >= 0.6 is 34.5 Å². The Morgan fingerprint density at radius 2 is 2.05 bits per heavy atom. The summed E-state index contributed by atoms with van der Waals surface area (Å²) in [6, 6.07) is 9.65. The van der Waals surface area contributed by atoms with Crippen LogP contribution in [0.2, 0.25) is 9.36 Å². The molecule has 3 nitrogen and oxygen atoms in total. The lowest BCUT2D eigenvalue weighted by atomic mass is 10.3. The Kier molecular flexibility index (Phi) is 3.39. The van der Waals surface area contributed by atoms with E-state index in [1.807, 2.05) is 34.9 Å². The number of nitrogen functional groups attached to an aromatic ring is 1. The second kappa shape index (κ2) is 5.04. The molecule has 2 heterocycles. The molecule has 2 N–H and O–H groups in total. The maximum atomic E-state index is 6.12. The minimum absolute atomic E-state index is 0.491. The van der Waals surface area contributed by atoms with E-state index in [0.29, 0.717) is 11.0 Å². The SMILES string of the molecule is Nc1nc2c(Cl)cccc2n1CCc1ccc(Cl)s1. The highest BCUT2D eigenvalue weighted by atomic mass is 35.5. The standard InChI is InChI=1S/C13H11Cl2N3S/c14-9-2-1-3-10-12(9)17-13(16)18(10)7-6-8-4-5-11(15)19-8/h1-5H,6-7H2,(H2,16,17). The summed E-state index contributed by atoms with van der Waals surface area (Å²) in [5, 5.41) is 0.627. The van der Waals surface area contributed by atoms with Crippen LogP contribution in [0, 0.1) is 0 Å².